The van der Waals surface area contributed by atoms with Crippen LogP contribution in [-0.4, -0.2) is 24.4 Å². The van der Waals surface area contributed by atoms with E-state index in [0.29, 0.717) is 29.0 Å². The van der Waals surface area contributed by atoms with Crippen molar-refractivity contribution in [3.63, 3.8) is 0 Å². The van der Waals surface area contributed by atoms with Crippen molar-refractivity contribution < 1.29 is 9.72 Å². The van der Waals surface area contributed by atoms with Crippen molar-refractivity contribution in [1.29, 1.82) is 0 Å². The number of hydrogen-bond acceptors (Lipinski definition) is 4. The molecule has 6 nitrogen and oxygen atoms in total. The molecule has 25 heavy (non-hydrogen) atoms. The molecule has 128 valence electrons. The molecule has 3 atom stereocenters. The molecule has 3 unspecified atom stereocenters. The number of non-ortho nitro benzene ring substituents is 1. The molecule has 0 aliphatic heterocycles. The van der Waals surface area contributed by atoms with Crippen LogP contribution in [0.25, 0.3) is 0 Å². The summed E-state index contributed by atoms with van der Waals surface area (Å²) in [6.07, 6.45) is 1.12. The van der Waals surface area contributed by atoms with Gasteiger partial charge >= 0.3 is 0 Å². The SMILES string of the molecule is CNC(=O)c1cc([N+](=O)[O-])ccc1NCC1C2Cc3ccccc3C12. The van der Waals surface area contributed by atoms with Crippen molar-refractivity contribution in [2.24, 2.45) is 11.8 Å². The number of nitrogens with one attached hydrogen (secondary N) is 2. The Morgan fingerprint density at radius 1 is 1.28 bits per heavy atom. The summed E-state index contributed by atoms with van der Waals surface area (Å²) in [6.45, 7) is 0.769. The summed E-state index contributed by atoms with van der Waals surface area (Å²) >= 11 is 0. The summed E-state index contributed by atoms with van der Waals surface area (Å²) in [5.41, 5.74) is 3.78. The lowest BCUT2D eigenvalue weighted by Gasteiger charge is -2.13. The lowest BCUT2D eigenvalue weighted by atomic mass is 10.0. The third-order valence-electron chi connectivity index (χ3n) is 5.42. The minimum atomic E-state index is -0.488. The standard InChI is InChI=1S/C19H19N3O3/c1-20-19(23)15-9-12(22(24)25)6-7-17(15)21-10-16-14-8-11-4-2-3-5-13(11)18(14)16/h2-7,9,14,16,18,21H,8,10H2,1H3,(H,20,23). The minimum absolute atomic E-state index is 0.0821. The number of hydrogen-bond donors (Lipinski definition) is 2. The molecule has 2 aliphatic carbocycles. The van der Waals surface area contributed by atoms with Gasteiger partial charge in [0.15, 0.2) is 0 Å². The number of amides is 1. The van der Waals surface area contributed by atoms with Gasteiger partial charge in [0.1, 0.15) is 0 Å². The molecular formula is C19H19N3O3. The number of rotatable bonds is 5. The van der Waals surface area contributed by atoms with Gasteiger partial charge < -0.3 is 10.6 Å². The molecule has 1 fully saturated rings. The zero-order valence-electron chi connectivity index (χ0n) is 13.9. The van der Waals surface area contributed by atoms with Gasteiger partial charge in [0.2, 0.25) is 0 Å². The highest BCUT2D eigenvalue weighted by Crippen LogP contribution is 2.61. The predicted molar refractivity (Wildman–Crippen MR) is 94.8 cm³/mol. The van der Waals surface area contributed by atoms with E-state index in [0.717, 1.165) is 13.0 Å². The van der Waals surface area contributed by atoms with E-state index in [1.807, 2.05) is 0 Å². The summed E-state index contributed by atoms with van der Waals surface area (Å²) in [4.78, 5) is 22.5. The lowest BCUT2D eigenvalue weighted by Crippen LogP contribution is -2.20. The van der Waals surface area contributed by atoms with E-state index in [2.05, 4.69) is 34.9 Å². The highest BCUT2D eigenvalue weighted by Gasteiger charge is 2.54. The van der Waals surface area contributed by atoms with E-state index in [4.69, 9.17) is 0 Å². The first-order valence-electron chi connectivity index (χ1n) is 8.42. The van der Waals surface area contributed by atoms with Crippen molar-refractivity contribution in [3.05, 3.63) is 69.3 Å². The molecule has 0 aromatic heterocycles. The monoisotopic (exact) mass is 337 g/mol. The maximum absolute atomic E-state index is 12.1. The maximum Gasteiger partial charge on any atom is 0.270 e. The highest BCUT2D eigenvalue weighted by molar-refractivity contribution is 6.00. The van der Waals surface area contributed by atoms with Crippen molar-refractivity contribution in [1.82, 2.24) is 5.32 Å². The van der Waals surface area contributed by atoms with Gasteiger partial charge in [-0.3, -0.25) is 14.9 Å². The number of fused-ring (bicyclic) bond motifs is 3. The van der Waals surface area contributed by atoms with Crippen LogP contribution in [0.5, 0.6) is 0 Å². The van der Waals surface area contributed by atoms with Crippen molar-refractivity contribution in [2.45, 2.75) is 12.3 Å². The fourth-order valence-electron chi connectivity index (χ4n) is 4.11. The summed E-state index contributed by atoms with van der Waals surface area (Å²) in [5.74, 6) is 1.51. The average Bonchev–Trinajstić information content (AvgIpc) is 3.17. The number of benzene rings is 2. The predicted octanol–water partition coefficient (Wildman–Crippen LogP) is 2.95. The summed E-state index contributed by atoms with van der Waals surface area (Å²) in [7, 11) is 1.52. The zero-order chi connectivity index (χ0) is 17.6. The minimum Gasteiger partial charge on any atom is -0.384 e. The molecule has 4 rings (SSSR count). The van der Waals surface area contributed by atoms with Crippen LogP contribution in [0.1, 0.15) is 27.4 Å². The Hall–Kier alpha value is -2.89. The number of anilines is 1. The van der Waals surface area contributed by atoms with Crippen molar-refractivity contribution in [3.8, 4) is 0 Å². The summed E-state index contributed by atoms with van der Waals surface area (Å²) in [6, 6.07) is 13.0. The third kappa shape index (κ3) is 2.63. The van der Waals surface area contributed by atoms with Gasteiger partial charge in [0, 0.05) is 31.4 Å². The van der Waals surface area contributed by atoms with E-state index in [9.17, 15) is 14.9 Å². The molecule has 0 heterocycles. The molecule has 0 spiro atoms. The Bertz CT molecular complexity index is 865. The molecule has 2 aliphatic rings. The molecule has 0 saturated heterocycles. The summed E-state index contributed by atoms with van der Waals surface area (Å²) < 4.78 is 0. The van der Waals surface area contributed by atoms with Crippen LogP contribution in [-0.2, 0) is 6.42 Å². The lowest BCUT2D eigenvalue weighted by molar-refractivity contribution is -0.384. The van der Waals surface area contributed by atoms with Gasteiger partial charge in [-0.25, -0.2) is 0 Å². The van der Waals surface area contributed by atoms with Crippen LogP contribution in [0.2, 0.25) is 0 Å². The Balaban J connectivity index is 1.49. The molecule has 0 radical (unpaired) electrons. The Labute approximate surface area is 145 Å². The topological polar surface area (TPSA) is 84.3 Å². The largest absolute Gasteiger partial charge is 0.384 e. The van der Waals surface area contributed by atoms with Crippen LogP contribution in [0, 0.1) is 22.0 Å². The van der Waals surface area contributed by atoms with Gasteiger partial charge in [0.05, 0.1) is 10.5 Å². The molecule has 1 saturated carbocycles. The van der Waals surface area contributed by atoms with Crippen LogP contribution in [0.15, 0.2) is 42.5 Å². The van der Waals surface area contributed by atoms with E-state index in [1.165, 1.54) is 30.3 Å². The molecule has 2 N–H and O–H groups in total. The first kappa shape index (κ1) is 15.6. The van der Waals surface area contributed by atoms with Crippen LogP contribution >= 0.6 is 0 Å². The molecule has 6 heteroatoms. The molecule has 2 aromatic carbocycles. The van der Waals surface area contributed by atoms with Crippen molar-refractivity contribution in [2.75, 3.05) is 18.9 Å². The number of nitro benzene ring substituents is 1. The fraction of sp³-hybridized carbons (Fsp3) is 0.316. The second kappa shape index (κ2) is 5.88. The second-order valence-electron chi connectivity index (χ2n) is 6.70. The Morgan fingerprint density at radius 3 is 2.84 bits per heavy atom. The number of nitro groups is 1. The van der Waals surface area contributed by atoms with Gasteiger partial charge in [-0.05, 0) is 41.4 Å². The van der Waals surface area contributed by atoms with Gasteiger partial charge in [-0.2, -0.15) is 0 Å². The molecule has 2 aromatic rings. The zero-order valence-corrected chi connectivity index (χ0v) is 13.9. The van der Waals surface area contributed by atoms with E-state index >= 15 is 0 Å². The number of carbonyl (C=O) groups is 1. The first-order chi connectivity index (χ1) is 12.1. The molecular weight excluding hydrogens is 318 g/mol. The van der Waals surface area contributed by atoms with Crippen LogP contribution in [0.4, 0.5) is 11.4 Å². The highest BCUT2D eigenvalue weighted by atomic mass is 16.6. The summed E-state index contributed by atoms with van der Waals surface area (Å²) in [5, 5.41) is 16.8. The smallest absolute Gasteiger partial charge is 0.270 e. The van der Waals surface area contributed by atoms with Crippen LogP contribution in [0.3, 0.4) is 0 Å². The fourth-order valence-corrected chi connectivity index (χ4v) is 4.11. The van der Waals surface area contributed by atoms with Crippen molar-refractivity contribution >= 4 is 17.3 Å². The van der Waals surface area contributed by atoms with Crippen LogP contribution < -0.4 is 10.6 Å². The Morgan fingerprint density at radius 2 is 2.08 bits per heavy atom. The van der Waals surface area contributed by atoms with E-state index in [-0.39, 0.29) is 11.6 Å². The van der Waals surface area contributed by atoms with Gasteiger partial charge in [-0.1, -0.05) is 24.3 Å². The number of carbonyl (C=O) groups excluding carboxylic acids is 1. The maximum atomic E-state index is 12.1. The van der Waals surface area contributed by atoms with Gasteiger partial charge in [-0.15, -0.1) is 0 Å². The Kier molecular flexibility index (Phi) is 3.67. The van der Waals surface area contributed by atoms with E-state index in [1.54, 1.807) is 6.07 Å². The third-order valence-corrected chi connectivity index (χ3v) is 5.42. The molecule has 1 amide bonds. The quantitative estimate of drug-likeness (QED) is 0.649. The second-order valence-corrected chi connectivity index (χ2v) is 6.70. The van der Waals surface area contributed by atoms with E-state index < -0.39 is 4.92 Å². The first-order valence-corrected chi connectivity index (χ1v) is 8.42. The molecule has 0 bridgehead atoms. The average molecular weight is 337 g/mol. The normalized spacial score (nSPS) is 22.7. The van der Waals surface area contributed by atoms with Gasteiger partial charge in [0.25, 0.3) is 11.6 Å². The number of nitrogens with zero attached hydrogens (tertiary/aromatic N) is 1.